The molecule has 0 saturated carbocycles. The van der Waals surface area contributed by atoms with Crippen molar-refractivity contribution in [3.63, 3.8) is 0 Å². The van der Waals surface area contributed by atoms with Crippen molar-refractivity contribution in [2.75, 3.05) is 13.1 Å². The van der Waals surface area contributed by atoms with Gasteiger partial charge in [-0.25, -0.2) is 4.98 Å². The molecule has 0 aromatic carbocycles. The molecule has 2 rings (SSSR count). The maximum atomic E-state index is 12.2. The summed E-state index contributed by atoms with van der Waals surface area (Å²) < 4.78 is 0. The summed E-state index contributed by atoms with van der Waals surface area (Å²) in [7, 11) is 0. The third-order valence-corrected chi connectivity index (χ3v) is 3.14. The van der Waals surface area contributed by atoms with Gasteiger partial charge in [-0.1, -0.05) is 11.6 Å². The number of likely N-dealkylation sites (tertiary alicyclic amines) is 1. The molecule has 2 heterocycles. The summed E-state index contributed by atoms with van der Waals surface area (Å²) in [5.74, 6) is 0.0846. The van der Waals surface area contributed by atoms with Crippen molar-refractivity contribution < 1.29 is 4.79 Å². The van der Waals surface area contributed by atoms with E-state index in [9.17, 15) is 4.79 Å². The molecule has 1 amide bonds. The van der Waals surface area contributed by atoms with Gasteiger partial charge in [-0.3, -0.25) is 4.79 Å². The topological polar surface area (TPSA) is 33.2 Å². The van der Waals surface area contributed by atoms with E-state index in [0.29, 0.717) is 16.4 Å². The highest BCUT2D eigenvalue weighted by Gasteiger charge is 2.19. The molecule has 16 heavy (non-hydrogen) atoms. The van der Waals surface area contributed by atoms with Gasteiger partial charge in [0.05, 0.1) is 11.3 Å². The summed E-state index contributed by atoms with van der Waals surface area (Å²) in [5.41, 5.74) is 1.38. The summed E-state index contributed by atoms with van der Waals surface area (Å²) in [6.45, 7) is 3.55. The van der Waals surface area contributed by atoms with Gasteiger partial charge in [0.2, 0.25) is 0 Å². The van der Waals surface area contributed by atoms with Crippen LogP contribution in [-0.4, -0.2) is 28.9 Å². The van der Waals surface area contributed by atoms with Gasteiger partial charge in [-0.15, -0.1) is 0 Å². The van der Waals surface area contributed by atoms with Crippen molar-refractivity contribution in [3.05, 3.63) is 28.5 Å². The minimum Gasteiger partial charge on any atom is -0.339 e. The lowest BCUT2D eigenvalue weighted by Gasteiger charge is -2.27. The quantitative estimate of drug-likeness (QED) is 0.705. The van der Waals surface area contributed by atoms with E-state index in [1.54, 1.807) is 12.1 Å². The molecule has 0 N–H and O–H groups in total. The molecule has 86 valence electrons. The fourth-order valence-electron chi connectivity index (χ4n) is 2.02. The summed E-state index contributed by atoms with van der Waals surface area (Å²) in [4.78, 5) is 18.2. The van der Waals surface area contributed by atoms with Crippen molar-refractivity contribution in [2.45, 2.75) is 26.2 Å². The van der Waals surface area contributed by atoms with E-state index in [1.807, 2.05) is 11.8 Å². The van der Waals surface area contributed by atoms with Gasteiger partial charge < -0.3 is 4.90 Å². The SMILES string of the molecule is Cc1nc(Cl)ccc1C(=O)N1CCCCC1. The Bertz CT molecular complexity index is 400. The molecule has 0 atom stereocenters. The second-order valence-electron chi connectivity index (χ2n) is 4.12. The van der Waals surface area contributed by atoms with Crippen molar-refractivity contribution in [2.24, 2.45) is 0 Å². The number of aryl methyl sites for hydroxylation is 1. The van der Waals surface area contributed by atoms with E-state index < -0.39 is 0 Å². The zero-order valence-corrected chi connectivity index (χ0v) is 10.1. The summed E-state index contributed by atoms with van der Waals surface area (Å²) >= 11 is 5.77. The van der Waals surface area contributed by atoms with Crippen LogP contribution in [-0.2, 0) is 0 Å². The molecular formula is C12H15ClN2O. The van der Waals surface area contributed by atoms with Gasteiger partial charge in [-0.05, 0) is 38.3 Å². The smallest absolute Gasteiger partial charge is 0.255 e. The van der Waals surface area contributed by atoms with Gasteiger partial charge in [0.25, 0.3) is 5.91 Å². The maximum Gasteiger partial charge on any atom is 0.255 e. The fraction of sp³-hybridized carbons (Fsp3) is 0.500. The van der Waals surface area contributed by atoms with E-state index in [0.717, 1.165) is 25.9 Å². The van der Waals surface area contributed by atoms with Gasteiger partial charge in [-0.2, -0.15) is 0 Å². The summed E-state index contributed by atoms with van der Waals surface area (Å²) in [6, 6.07) is 3.44. The number of rotatable bonds is 1. The van der Waals surface area contributed by atoms with E-state index in [4.69, 9.17) is 11.6 Å². The van der Waals surface area contributed by atoms with Crippen LogP contribution in [0.25, 0.3) is 0 Å². The van der Waals surface area contributed by atoms with Gasteiger partial charge in [0, 0.05) is 13.1 Å². The monoisotopic (exact) mass is 238 g/mol. The molecule has 1 aliphatic heterocycles. The van der Waals surface area contributed by atoms with Crippen molar-refractivity contribution in [1.82, 2.24) is 9.88 Å². The first kappa shape index (κ1) is 11.4. The van der Waals surface area contributed by atoms with E-state index in [-0.39, 0.29) is 5.91 Å². The molecule has 0 spiro atoms. The number of hydrogen-bond acceptors (Lipinski definition) is 2. The Labute approximate surface area is 100 Å². The van der Waals surface area contributed by atoms with Crippen LogP contribution in [0.3, 0.4) is 0 Å². The van der Waals surface area contributed by atoms with Crippen LogP contribution in [0.2, 0.25) is 5.15 Å². The zero-order valence-electron chi connectivity index (χ0n) is 9.37. The molecule has 1 saturated heterocycles. The van der Waals surface area contributed by atoms with Crippen LogP contribution >= 0.6 is 11.6 Å². The minimum absolute atomic E-state index is 0.0846. The highest BCUT2D eigenvalue weighted by Crippen LogP contribution is 2.16. The van der Waals surface area contributed by atoms with Gasteiger partial charge >= 0.3 is 0 Å². The first-order valence-electron chi connectivity index (χ1n) is 5.61. The van der Waals surface area contributed by atoms with E-state index in [1.165, 1.54) is 6.42 Å². The molecular weight excluding hydrogens is 224 g/mol. The van der Waals surface area contributed by atoms with E-state index in [2.05, 4.69) is 4.98 Å². The van der Waals surface area contributed by atoms with Crippen LogP contribution in [0.5, 0.6) is 0 Å². The second-order valence-corrected chi connectivity index (χ2v) is 4.51. The van der Waals surface area contributed by atoms with Crippen LogP contribution in [0.4, 0.5) is 0 Å². The molecule has 0 radical (unpaired) electrons. The molecule has 0 bridgehead atoms. The Kier molecular flexibility index (Phi) is 3.44. The first-order valence-corrected chi connectivity index (χ1v) is 5.99. The Morgan fingerprint density at radius 1 is 1.31 bits per heavy atom. The first-order chi connectivity index (χ1) is 7.68. The molecule has 1 aliphatic rings. The average Bonchev–Trinajstić information content (AvgIpc) is 2.29. The number of carbonyl (C=O) groups is 1. The average molecular weight is 239 g/mol. The van der Waals surface area contributed by atoms with Crippen molar-refractivity contribution >= 4 is 17.5 Å². The lowest BCUT2D eigenvalue weighted by Crippen LogP contribution is -2.36. The predicted molar refractivity (Wildman–Crippen MR) is 63.7 cm³/mol. The fourth-order valence-corrected chi connectivity index (χ4v) is 2.21. The summed E-state index contributed by atoms with van der Waals surface area (Å²) in [6.07, 6.45) is 3.43. The molecule has 1 aromatic heterocycles. The minimum atomic E-state index is 0.0846. The molecule has 3 nitrogen and oxygen atoms in total. The van der Waals surface area contributed by atoms with Crippen LogP contribution in [0.15, 0.2) is 12.1 Å². The number of amides is 1. The van der Waals surface area contributed by atoms with Gasteiger partial charge in [0.15, 0.2) is 0 Å². The normalized spacial score (nSPS) is 16.2. The van der Waals surface area contributed by atoms with Crippen molar-refractivity contribution in [3.8, 4) is 0 Å². The Morgan fingerprint density at radius 3 is 2.62 bits per heavy atom. The number of aromatic nitrogens is 1. The van der Waals surface area contributed by atoms with Crippen molar-refractivity contribution in [1.29, 1.82) is 0 Å². The number of hydrogen-bond donors (Lipinski definition) is 0. The van der Waals surface area contributed by atoms with E-state index >= 15 is 0 Å². The zero-order chi connectivity index (χ0) is 11.5. The van der Waals surface area contributed by atoms with Crippen LogP contribution in [0, 0.1) is 6.92 Å². The highest BCUT2D eigenvalue weighted by molar-refractivity contribution is 6.29. The molecule has 1 aromatic rings. The number of halogens is 1. The predicted octanol–water partition coefficient (Wildman–Crippen LogP) is 2.67. The largest absolute Gasteiger partial charge is 0.339 e. The number of nitrogens with zero attached hydrogens (tertiary/aromatic N) is 2. The molecule has 0 unspecified atom stereocenters. The standard InChI is InChI=1S/C12H15ClN2O/c1-9-10(5-6-11(13)14-9)12(16)15-7-3-2-4-8-15/h5-6H,2-4,7-8H2,1H3. The lowest BCUT2D eigenvalue weighted by atomic mass is 10.1. The number of carbonyl (C=O) groups excluding carboxylic acids is 1. The Hall–Kier alpha value is -1.09. The highest BCUT2D eigenvalue weighted by atomic mass is 35.5. The molecule has 0 aliphatic carbocycles. The van der Waals surface area contributed by atoms with Crippen LogP contribution in [0.1, 0.15) is 35.3 Å². The lowest BCUT2D eigenvalue weighted by molar-refractivity contribution is 0.0723. The Morgan fingerprint density at radius 2 is 2.00 bits per heavy atom. The molecule has 4 heteroatoms. The third-order valence-electron chi connectivity index (χ3n) is 2.93. The van der Waals surface area contributed by atoms with Crippen LogP contribution < -0.4 is 0 Å². The number of pyridine rings is 1. The van der Waals surface area contributed by atoms with Gasteiger partial charge in [0.1, 0.15) is 5.15 Å². The Balaban J connectivity index is 2.19. The third kappa shape index (κ3) is 2.35. The second kappa shape index (κ2) is 4.83. The molecule has 1 fully saturated rings. The summed E-state index contributed by atoms with van der Waals surface area (Å²) in [5, 5.41) is 0.438. The number of piperidine rings is 1. The maximum absolute atomic E-state index is 12.2.